The molecule has 0 bridgehead atoms. The van der Waals surface area contributed by atoms with Gasteiger partial charge in [0.25, 0.3) is 0 Å². The normalized spacial score (nSPS) is 19.8. The first-order chi connectivity index (χ1) is 18.1. The summed E-state index contributed by atoms with van der Waals surface area (Å²) in [6, 6.07) is 25.0. The molecule has 1 saturated heterocycles. The lowest BCUT2D eigenvalue weighted by Gasteiger charge is -2.31. The third kappa shape index (κ3) is 5.98. The lowest BCUT2D eigenvalue weighted by atomic mass is 9.86. The van der Waals surface area contributed by atoms with Gasteiger partial charge in [0.05, 0.1) is 0 Å². The summed E-state index contributed by atoms with van der Waals surface area (Å²) in [7, 11) is 0. The number of para-hydroxylation sites is 1. The maximum absolute atomic E-state index is 10.2. The zero-order chi connectivity index (χ0) is 25.6. The number of likely N-dealkylation sites (tertiary alicyclic amines) is 1. The Kier molecular flexibility index (Phi) is 8.08. The molecule has 4 nitrogen and oxygen atoms in total. The fraction of sp³-hybridized carbons (Fsp3) is 0.333. The van der Waals surface area contributed by atoms with E-state index in [1.165, 1.54) is 30.4 Å². The molecule has 0 radical (unpaired) electrons. The second-order valence-electron chi connectivity index (χ2n) is 10.2. The average molecular weight is 495 g/mol. The number of unbranched alkanes of at least 4 members (excludes halogenated alkanes) is 1. The first-order valence-electron chi connectivity index (χ1n) is 13.6. The van der Waals surface area contributed by atoms with Crippen LogP contribution in [0.3, 0.4) is 0 Å². The Balaban J connectivity index is 1.30. The van der Waals surface area contributed by atoms with Crippen molar-refractivity contribution >= 4 is 17.2 Å². The van der Waals surface area contributed by atoms with Crippen LogP contribution in [-0.2, 0) is 0 Å². The van der Waals surface area contributed by atoms with Gasteiger partial charge in [0.1, 0.15) is 17.6 Å². The molecule has 2 heterocycles. The number of phenolic OH excluding ortho intramolecular Hbond substituents is 1. The van der Waals surface area contributed by atoms with Crippen molar-refractivity contribution in [2.45, 2.75) is 45.3 Å². The van der Waals surface area contributed by atoms with Gasteiger partial charge in [-0.2, -0.15) is 0 Å². The molecular weight excluding hydrogens is 456 g/mol. The van der Waals surface area contributed by atoms with Crippen LogP contribution in [0.2, 0.25) is 0 Å². The molecule has 192 valence electrons. The van der Waals surface area contributed by atoms with E-state index in [0.29, 0.717) is 6.04 Å². The number of phenols is 1. The predicted octanol–water partition coefficient (Wildman–Crippen LogP) is 6.93. The van der Waals surface area contributed by atoms with Crippen molar-refractivity contribution in [2.24, 2.45) is 0 Å². The van der Waals surface area contributed by atoms with Gasteiger partial charge in [-0.15, -0.1) is 0 Å². The molecule has 2 N–H and O–H groups in total. The SMILES string of the molecule is CCCCNC1CCN(C/C=C/c2ccc(C3Oc4ccccc4C(C)=C3c3cccc(O)c3)cc2)C1. The standard InChI is InChI=1S/C33H38N2O2/c1-3-4-19-34-28-18-21-35(23-28)20-8-9-25-14-16-26(17-15-25)33-32(27-10-7-11-29(36)22-27)24(2)30-12-5-6-13-31(30)37-33/h5-17,22,28,33-34,36H,3-4,18-21,23H2,1-2H3/b9-8+. The van der Waals surface area contributed by atoms with E-state index in [-0.39, 0.29) is 11.9 Å². The van der Waals surface area contributed by atoms with Crippen LogP contribution in [0, 0.1) is 0 Å². The zero-order valence-corrected chi connectivity index (χ0v) is 22.0. The van der Waals surface area contributed by atoms with Crippen LogP contribution < -0.4 is 10.1 Å². The van der Waals surface area contributed by atoms with E-state index in [4.69, 9.17) is 4.74 Å². The zero-order valence-electron chi connectivity index (χ0n) is 22.0. The molecule has 0 aliphatic carbocycles. The number of nitrogens with one attached hydrogen (secondary N) is 1. The Morgan fingerprint density at radius 1 is 1.05 bits per heavy atom. The molecular formula is C33H38N2O2. The van der Waals surface area contributed by atoms with Gasteiger partial charge in [-0.25, -0.2) is 0 Å². The molecule has 2 atom stereocenters. The van der Waals surface area contributed by atoms with Crippen molar-refractivity contribution in [3.8, 4) is 11.5 Å². The van der Waals surface area contributed by atoms with Gasteiger partial charge in [-0.1, -0.05) is 80.1 Å². The molecule has 2 aliphatic heterocycles. The number of ether oxygens (including phenoxy) is 1. The van der Waals surface area contributed by atoms with Crippen LogP contribution in [-0.4, -0.2) is 42.2 Å². The summed E-state index contributed by atoms with van der Waals surface area (Å²) in [6.07, 6.45) is 8.00. The van der Waals surface area contributed by atoms with E-state index in [9.17, 15) is 5.11 Å². The van der Waals surface area contributed by atoms with E-state index in [2.05, 4.69) is 66.5 Å². The highest BCUT2D eigenvalue weighted by molar-refractivity contribution is 5.95. The fourth-order valence-corrected chi connectivity index (χ4v) is 5.45. The van der Waals surface area contributed by atoms with Gasteiger partial charge in [0.2, 0.25) is 0 Å². The van der Waals surface area contributed by atoms with Gasteiger partial charge in [0.15, 0.2) is 0 Å². The Morgan fingerprint density at radius 3 is 2.70 bits per heavy atom. The van der Waals surface area contributed by atoms with Crippen molar-refractivity contribution in [1.82, 2.24) is 10.2 Å². The molecule has 2 unspecified atom stereocenters. The lowest BCUT2D eigenvalue weighted by Crippen LogP contribution is -2.33. The van der Waals surface area contributed by atoms with E-state index in [1.807, 2.05) is 36.4 Å². The summed E-state index contributed by atoms with van der Waals surface area (Å²) in [5.41, 5.74) is 6.64. The lowest BCUT2D eigenvalue weighted by molar-refractivity contribution is 0.260. The Hall–Kier alpha value is -3.34. The minimum atomic E-state index is -0.239. The first kappa shape index (κ1) is 25.3. The van der Waals surface area contributed by atoms with Crippen LogP contribution in [0.15, 0.2) is 78.9 Å². The largest absolute Gasteiger partial charge is 0.508 e. The molecule has 2 aliphatic rings. The number of aromatic hydroxyl groups is 1. The molecule has 4 heteroatoms. The minimum absolute atomic E-state index is 0.239. The summed E-state index contributed by atoms with van der Waals surface area (Å²) in [5, 5.41) is 13.9. The summed E-state index contributed by atoms with van der Waals surface area (Å²) in [5.74, 6) is 1.16. The number of fused-ring (bicyclic) bond motifs is 1. The molecule has 1 fully saturated rings. The monoisotopic (exact) mass is 494 g/mol. The maximum Gasteiger partial charge on any atom is 0.150 e. The Bertz CT molecular complexity index is 1260. The molecule has 0 spiro atoms. The van der Waals surface area contributed by atoms with Gasteiger partial charge in [-0.3, -0.25) is 4.90 Å². The molecule has 5 rings (SSSR count). The van der Waals surface area contributed by atoms with Crippen molar-refractivity contribution in [1.29, 1.82) is 0 Å². The highest BCUT2D eigenvalue weighted by Gasteiger charge is 2.29. The van der Waals surface area contributed by atoms with Crippen molar-refractivity contribution in [2.75, 3.05) is 26.2 Å². The quantitative estimate of drug-likeness (QED) is 0.317. The van der Waals surface area contributed by atoms with Gasteiger partial charge < -0.3 is 15.2 Å². The van der Waals surface area contributed by atoms with Crippen molar-refractivity contribution in [3.05, 3.63) is 101 Å². The molecule has 3 aromatic rings. The van der Waals surface area contributed by atoms with Gasteiger partial charge in [0, 0.05) is 36.8 Å². The first-order valence-corrected chi connectivity index (χ1v) is 13.6. The maximum atomic E-state index is 10.2. The average Bonchev–Trinajstić information content (AvgIpc) is 3.37. The summed E-state index contributed by atoms with van der Waals surface area (Å²) < 4.78 is 6.56. The predicted molar refractivity (Wildman–Crippen MR) is 154 cm³/mol. The summed E-state index contributed by atoms with van der Waals surface area (Å²) in [6.45, 7) is 8.81. The highest BCUT2D eigenvalue weighted by Crippen LogP contribution is 2.46. The van der Waals surface area contributed by atoms with Crippen LogP contribution in [0.25, 0.3) is 17.2 Å². The smallest absolute Gasteiger partial charge is 0.150 e. The van der Waals surface area contributed by atoms with E-state index >= 15 is 0 Å². The van der Waals surface area contributed by atoms with E-state index < -0.39 is 0 Å². The van der Waals surface area contributed by atoms with Crippen molar-refractivity contribution < 1.29 is 9.84 Å². The number of hydrogen-bond acceptors (Lipinski definition) is 4. The number of allylic oxidation sites excluding steroid dienone is 1. The third-order valence-corrected chi connectivity index (χ3v) is 7.51. The second-order valence-corrected chi connectivity index (χ2v) is 10.2. The number of nitrogens with zero attached hydrogens (tertiary/aromatic N) is 1. The number of rotatable bonds is 9. The Morgan fingerprint density at radius 2 is 1.89 bits per heavy atom. The fourth-order valence-electron chi connectivity index (χ4n) is 5.45. The van der Waals surface area contributed by atoms with Crippen molar-refractivity contribution in [3.63, 3.8) is 0 Å². The van der Waals surface area contributed by atoms with Crippen LogP contribution in [0.1, 0.15) is 61.5 Å². The molecule has 37 heavy (non-hydrogen) atoms. The Labute approximate surface area is 221 Å². The van der Waals surface area contributed by atoms with E-state index in [1.54, 1.807) is 6.07 Å². The molecule has 0 aromatic heterocycles. The summed E-state index contributed by atoms with van der Waals surface area (Å²) >= 11 is 0. The summed E-state index contributed by atoms with van der Waals surface area (Å²) in [4.78, 5) is 2.52. The van der Waals surface area contributed by atoms with Crippen LogP contribution in [0.4, 0.5) is 0 Å². The third-order valence-electron chi connectivity index (χ3n) is 7.51. The minimum Gasteiger partial charge on any atom is -0.508 e. The van der Waals surface area contributed by atoms with E-state index in [0.717, 1.165) is 54.2 Å². The highest BCUT2D eigenvalue weighted by atomic mass is 16.5. The number of benzene rings is 3. The van der Waals surface area contributed by atoms with Crippen LogP contribution in [0.5, 0.6) is 11.5 Å². The molecule has 3 aromatic carbocycles. The number of hydrogen-bond donors (Lipinski definition) is 2. The molecule has 0 saturated carbocycles. The topological polar surface area (TPSA) is 44.7 Å². The second kappa shape index (κ2) is 11.8. The van der Waals surface area contributed by atoms with Gasteiger partial charge >= 0.3 is 0 Å². The van der Waals surface area contributed by atoms with Gasteiger partial charge in [-0.05, 0) is 66.8 Å². The molecule has 0 amide bonds. The van der Waals surface area contributed by atoms with Crippen LogP contribution >= 0.6 is 0 Å².